The Labute approximate surface area is 121 Å². The van der Waals surface area contributed by atoms with Crippen LogP contribution in [0.15, 0.2) is 29.4 Å². The van der Waals surface area contributed by atoms with Gasteiger partial charge in [0.25, 0.3) is 0 Å². The van der Waals surface area contributed by atoms with Gasteiger partial charge in [-0.1, -0.05) is 23.4 Å². The first-order valence-corrected chi connectivity index (χ1v) is 7.46. The van der Waals surface area contributed by atoms with Crippen LogP contribution in [-0.2, 0) is 7.05 Å². The molecule has 3 nitrogen and oxygen atoms in total. The molecule has 0 unspecified atom stereocenters. The van der Waals surface area contributed by atoms with Crippen molar-refractivity contribution in [3.63, 3.8) is 0 Å². The fourth-order valence-corrected chi connectivity index (χ4v) is 2.78. The minimum absolute atomic E-state index is 0.675. The van der Waals surface area contributed by atoms with Crippen molar-refractivity contribution in [3.8, 4) is 11.4 Å². The van der Waals surface area contributed by atoms with Crippen LogP contribution in [0.4, 0.5) is 0 Å². The van der Waals surface area contributed by atoms with Crippen LogP contribution in [0.5, 0.6) is 0 Å². The Balaban J connectivity index is 2.17. The summed E-state index contributed by atoms with van der Waals surface area (Å²) in [5.74, 6) is 2.48. The van der Waals surface area contributed by atoms with Crippen LogP contribution in [0, 0.1) is 0 Å². The van der Waals surface area contributed by atoms with Crippen molar-refractivity contribution >= 4 is 35.0 Å². The lowest BCUT2D eigenvalue weighted by Crippen LogP contribution is -1.95. The van der Waals surface area contributed by atoms with E-state index in [1.165, 1.54) is 0 Å². The molecule has 1 aromatic carbocycles. The maximum absolute atomic E-state index is 5.87. The van der Waals surface area contributed by atoms with Crippen LogP contribution in [0.25, 0.3) is 11.4 Å². The maximum Gasteiger partial charge on any atom is 0.191 e. The summed E-state index contributed by atoms with van der Waals surface area (Å²) in [5.41, 5.74) is 1.01. The zero-order chi connectivity index (χ0) is 13.0. The number of alkyl halides is 1. The molecule has 1 heterocycles. The van der Waals surface area contributed by atoms with Crippen LogP contribution < -0.4 is 0 Å². The third-order valence-electron chi connectivity index (χ3n) is 2.45. The molecule has 6 heteroatoms. The Bertz CT molecular complexity index is 511. The van der Waals surface area contributed by atoms with Gasteiger partial charge in [-0.2, -0.15) is 0 Å². The number of aromatic nitrogens is 3. The average Bonchev–Trinajstić information content (AvgIpc) is 2.73. The van der Waals surface area contributed by atoms with Gasteiger partial charge in [0.2, 0.25) is 0 Å². The van der Waals surface area contributed by atoms with Crippen molar-refractivity contribution in [1.29, 1.82) is 0 Å². The van der Waals surface area contributed by atoms with Crippen molar-refractivity contribution in [1.82, 2.24) is 14.8 Å². The lowest BCUT2D eigenvalue weighted by Gasteiger charge is -2.03. The fraction of sp³-hybridized carbons (Fsp3) is 0.333. The topological polar surface area (TPSA) is 30.7 Å². The van der Waals surface area contributed by atoms with Crippen molar-refractivity contribution in [2.24, 2.45) is 7.05 Å². The van der Waals surface area contributed by atoms with E-state index in [1.54, 1.807) is 11.8 Å². The molecule has 0 aliphatic carbocycles. The molecule has 1 aromatic heterocycles. The van der Waals surface area contributed by atoms with Crippen LogP contribution in [0.3, 0.4) is 0 Å². The zero-order valence-electron chi connectivity index (χ0n) is 9.94. The number of hydrogen-bond acceptors (Lipinski definition) is 3. The molecule has 2 aromatic rings. The number of thioether (sulfide) groups is 1. The van der Waals surface area contributed by atoms with Crippen molar-refractivity contribution in [3.05, 3.63) is 29.3 Å². The molecule has 0 bridgehead atoms. The van der Waals surface area contributed by atoms with E-state index in [0.717, 1.165) is 33.7 Å². The predicted octanol–water partition coefficient (Wildman–Crippen LogP) is 3.86. The normalized spacial score (nSPS) is 10.8. The maximum atomic E-state index is 5.87. The smallest absolute Gasteiger partial charge is 0.191 e. The van der Waals surface area contributed by atoms with Gasteiger partial charge in [0.15, 0.2) is 11.0 Å². The van der Waals surface area contributed by atoms with Crippen molar-refractivity contribution < 1.29 is 0 Å². The molecule has 96 valence electrons. The summed E-state index contributed by atoms with van der Waals surface area (Å²) in [5, 5.41) is 10.0. The molecule has 0 spiro atoms. The molecular formula is C12H13Cl2N3S. The first kappa shape index (κ1) is 13.7. The van der Waals surface area contributed by atoms with Crippen LogP contribution in [-0.4, -0.2) is 26.4 Å². The molecule has 2 rings (SSSR count). The number of halogens is 2. The molecule has 0 fully saturated rings. The molecule has 0 radical (unpaired) electrons. The monoisotopic (exact) mass is 301 g/mol. The third kappa shape index (κ3) is 3.19. The van der Waals surface area contributed by atoms with Gasteiger partial charge in [-0.3, -0.25) is 0 Å². The van der Waals surface area contributed by atoms with E-state index < -0.39 is 0 Å². The molecule has 0 saturated carbocycles. The summed E-state index contributed by atoms with van der Waals surface area (Å²) in [4.78, 5) is 0. The van der Waals surface area contributed by atoms with Crippen LogP contribution >= 0.6 is 35.0 Å². The summed E-state index contributed by atoms with van der Waals surface area (Å²) in [6, 6.07) is 7.59. The molecular weight excluding hydrogens is 289 g/mol. The van der Waals surface area contributed by atoms with Gasteiger partial charge < -0.3 is 4.57 Å². The lowest BCUT2D eigenvalue weighted by atomic mass is 10.2. The molecule has 0 amide bonds. The molecule has 0 saturated heterocycles. The van der Waals surface area contributed by atoms with Gasteiger partial charge in [0, 0.05) is 29.3 Å². The van der Waals surface area contributed by atoms with Gasteiger partial charge in [0.05, 0.1) is 0 Å². The second kappa shape index (κ2) is 6.45. The summed E-state index contributed by atoms with van der Waals surface area (Å²) < 4.78 is 1.99. The highest BCUT2D eigenvalue weighted by Crippen LogP contribution is 2.24. The SMILES string of the molecule is Cn1c(SCCCCl)nnc1-c1ccc(Cl)cc1. The van der Waals surface area contributed by atoms with Gasteiger partial charge in [-0.05, 0) is 30.7 Å². The van der Waals surface area contributed by atoms with Gasteiger partial charge in [0.1, 0.15) is 0 Å². The van der Waals surface area contributed by atoms with Crippen molar-refractivity contribution in [2.45, 2.75) is 11.6 Å². The minimum atomic E-state index is 0.675. The summed E-state index contributed by atoms with van der Waals surface area (Å²) in [7, 11) is 1.97. The molecule has 18 heavy (non-hydrogen) atoms. The first-order valence-electron chi connectivity index (χ1n) is 5.56. The second-order valence-electron chi connectivity index (χ2n) is 3.76. The van der Waals surface area contributed by atoms with E-state index in [1.807, 2.05) is 35.9 Å². The average molecular weight is 302 g/mol. The van der Waals surface area contributed by atoms with E-state index >= 15 is 0 Å². The standard InChI is InChI=1S/C12H13Cl2N3S/c1-17-11(9-3-5-10(14)6-4-9)15-16-12(17)18-8-2-7-13/h3-6H,2,7-8H2,1H3. The van der Waals surface area contributed by atoms with Crippen LogP contribution in [0.2, 0.25) is 5.02 Å². The largest absolute Gasteiger partial charge is 0.305 e. The summed E-state index contributed by atoms with van der Waals surface area (Å²) in [6.45, 7) is 0. The quantitative estimate of drug-likeness (QED) is 0.477. The number of hydrogen-bond donors (Lipinski definition) is 0. The summed E-state index contributed by atoms with van der Waals surface area (Å²) >= 11 is 13.2. The Kier molecular flexibility index (Phi) is 4.92. The Morgan fingerprint density at radius 3 is 2.61 bits per heavy atom. The van der Waals surface area contributed by atoms with Gasteiger partial charge in [-0.25, -0.2) is 0 Å². The predicted molar refractivity (Wildman–Crippen MR) is 77.5 cm³/mol. The highest BCUT2D eigenvalue weighted by atomic mass is 35.5. The zero-order valence-corrected chi connectivity index (χ0v) is 12.3. The van der Waals surface area contributed by atoms with Gasteiger partial charge in [-0.15, -0.1) is 21.8 Å². The Morgan fingerprint density at radius 2 is 1.94 bits per heavy atom. The highest BCUT2D eigenvalue weighted by Gasteiger charge is 2.10. The fourth-order valence-electron chi connectivity index (χ4n) is 1.51. The Morgan fingerprint density at radius 1 is 1.22 bits per heavy atom. The molecule has 0 aliphatic heterocycles. The molecule has 0 N–H and O–H groups in total. The van der Waals surface area contributed by atoms with E-state index in [2.05, 4.69) is 10.2 Å². The number of rotatable bonds is 5. The lowest BCUT2D eigenvalue weighted by molar-refractivity contribution is 0.793. The van der Waals surface area contributed by atoms with E-state index in [9.17, 15) is 0 Å². The minimum Gasteiger partial charge on any atom is -0.305 e. The summed E-state index contributed by atoms with van der Waals surface area (Å²) in [6.07, 6.45) is 0.968. The molecule has 0 atom stereocenters. The third-order valence-corrected chi connectivity index (χ3v) is 4.07. The number of benzene rings is 1. The van der Waals surface area contributed by atoms with Crippen molar-refractivity contribution in [2.75, 3.05) is 11.6 Å². The van der Waals surface area contributed by atoms with Gasteiger partial charge >= 0.3 is 0 Å². The van der Waals surface area contributed by atoms with E-state index in [-0.39, 0.29) is 0 Å². The van der Waals surface area contributed by atoms with Crippen LogP contribution in [0.1, 0.15) is 6.42 Å². The van der Waals surface area contributed by atoms with E-state index in [0.29, 0.717) is 5.88 Å². The number of nitrogens with zero attached hydrogens (tertiary/aromatic N) is 3. The Hall–Kier alpha value is -0.710. The molecule has 0 aliphatic rings. The van der Waals surface area contributed by atoms with E-state index in [4.69, 9.17) is 23.2 Å². The first-order chi connectivity index (χ1) is 8.72. The second-order valence-corrected chi connectivity index (χ2v) is 5.64. The highest BCUT2D eigenvalue weighted by molar-refractivity contribution is 7.99.